The van der Waals surface area contributed by atoms with Gasteiger partial charge in [-0.3, -0.25) is 0 Å². The van der Waals surface area contributed by atoms with Crippen LogP contribution in [-0.2, 0) is 16.1 Å². The molecule has 1 saturated heterocycles. The second kappa shape index (κ2) is 6.53. The van der Waals surface area contributed by atoms with E-state index in [1.165, 1.54) is 0 Å². The summed E-state index contributed by atoms with van der Waals surface area (Å²) in [5, 5.41) is 9.43. The minimum absolute atomic E-state index is 0.192. The summed E-state index contributed by atoms with van der Waals surface area (Å²) in [5.74, 6) is -0.412. The van der Waals surface area contributed by atoms with E-state index >= 15 is 0 Å². The summed E-state index contributed by atoms with van der Waals surface area (Å²) in [4.78, 5) is 23.7. The maximum atomic E-state index is 12.2. The Morgan fingerprint density at radius 1 is 1.35 bits per heavy atom. The fourth-order valence-corrected chi connectivity index (χ4v) is 3.65. The number of likely N-dealkylation sites (tertiary alicyclic amines) is 1. The Hall–Kier alpha value is -1.15. The Labute approximate surface area is 131 Å². The Kier molecular flexibility index (Phi) is 4.98. The van der Waals surface area contributed by atoms with Crippen LogP contribution in [0.5, 0.6) is 0 Å². The lowest BCUT2D eigenvalue weighted by Crippen LogP contribution is -2.57. The number of halogens is 1. The molecule has 0 aromatic heterocycles. The van der Waals surface area contributed by atoms with E-state index in [9.17, 15) is 14.7 Å². The molecule has 108 valence electrons. The third-order valence-electron chi connectivity index (χ3n) is 3.72. The average molecular weight is 390 g/mol. The summed E-state index contributed by atoms with van der Waals surface area (Å²) in [7, 11) is 0. The van der Waals surface area contributed by atoms with Crippen molar-refractivity contribution in [3.8, 4) is 0 Å². The molecule has 1 fully saturated rings. The number of rotatable bonds is 4. The Balaban J connectivity index is 2.03. The Bertz CT molecular complexity index is 493. The lowest BCUT2D eigenvalue weighted by atomic mass is 10.2. The Morgan fingerprint density at radius 3 is 2.65 bits per heavy atom. The Morgan fingerprint density at radius 2 is 2.05 bits per heavy atom. The van der Waals surface area contributed by atoms with Crippen LogP contribution in [0.4, 0.5) is 4.79 Å². The molecule has 20 heavy (non-hydrogen) atoms. The van der Waals surface area contributed by atoms with Gasteiger partial charge in [0, 0.05) is 12.8 Å². The fraction of sp³-hybridized carbons (Fsp3) is 0.429. The molecular formula is C14H17INO4+. The molecule has 1 amide bonds. The van der Waals surface area contributed by atoms with E-state index in [2.05, 4.69) is 0 Å². The van der Waals surface area contributed by atoms with Crippen molar-refractivity contribution >= 4 is 34.7 Å². The number of quaternary nitrogens is 1. The maximum absolute atomic E-state index is 12.2. The van der Waals surface area contributed by atoms with Crippen molar-refractivity contribution in [2.45, 2.75) is 25.5 Å². The molecule has 0 bridgehead atoms. The number of alkyl halides is 1. The number of carbonyl (C=O) groups excluding carboxylic acids is 1. The number of amides is 1. The number of carbonyl (C=O) groups is 2. The van der Waals surface area contributed by atoms with E-state index in [4.69, 9.17) is 4.74 Å². The summed E-state index contributed by atoms with van der Waals surface area (Å²) in [6.07, 6.45) is 0.363. The van der Waals surface area contributed by atoms with Crippen molar-refractivity contribution in [2.24, 2.45) is 0 Å². The molecule has 0 radical (unpaired) electrons. The van der Waals surface area contributed by atoms with E-state index in [0.29, 0.717) is 17.5 Å². The lowest BCUT2D eigenvalue weighted by Gasteiger charge is -2.30. The van der Waals surface area contributed by atoms with Crippen molar-refractivity contribution < 1.29 is 23.9 Å². The van der Waals surface area contributed by atoms with Crippen LogP contribution < -0.4 is 0 Å². The van der Waals surface area contributed by atoms with Gasteiger partial charge in [-0.15, -0.1) is 0 Å². The van der Waals surface area contributed by atoms with Crippen LogP contribution in [0, 0.1) is 0 Å². The van der Waals surface area contributed by atoms with Crippen LogP contribution in [-0.4, -0.2) is 38.8 Å². The van der Waals surface area contributed by atoms with E-state index in [1.54, 1.807) is 0 Å². The molecule has 1 aliphatic heterocycles. The van der Waals surface area contributed by atoms with Gasteiger partial charge in [-0.25, -0.2) is 9.28 Å². The van der Waals surface area contributed by atoms with Crippen LogP contribution in [0.2, 0.25) is 0 Å². The molecule has 6 heteroatoms. The summed E-state index contributed by atoms with van der Waals surface area (Å²) < 4.78 is 5.46. The second-order valence-electron chi connectivity index (χ2n) is 4.91. The zero-order chi connectivity index (χ0) is 14.6. The normalized spacial score (nSPS) is 25.4. The highest BCUT2D eigenvalue weighted by Crippen LogP contribution is 2.30. The third kappa shape index (κ3) is 2.95. The summed E-state index contributed by atoms with van der Waals surface area (Å²) in [5.41, 5.74) is 0.904. The second-order valence-corrected chi connectivity index (χ2v) is 5.59. The first kappa shape index (κ1) is 15.2. The predicted octanol–water partition coefficient (Wildman–Crippen LogP) is 2.78. The zero-order valence-electron chi connectivity index (χ0n) is 11.0. The molecule has 0 aliphatic carbocycles. The molecule has 1 heterocycles. The van der Waals surface area contributed by atoms with Gasteiger partial charge in [-0.2, -0.15) is 4.79 Å². The predicted molar refractivity (Wildman–Crippen MR) is 81.3 cm³/mol. The van der Waals surface area contributed by atoms with Gasteiger partial charge in [0.25, 0.3) is 0 Å². The first-order valence-corrected chi connectivity index (χ1v) is 7.99. The molecule has 1 N–H and O–H groups in total. The highest BCUT2D eigenvalue weighted by atomic mass is 127. The highest BCUT2D eigenvalue weighted by molar-refractivity contribution is 14.1. The average Bonchev–Trinajstić information content (AvgIpc) is 2.91. The van der Waals surface area contributed by atoms with Crippen molar-refractivity contribution in [1.82, 2.24) is 0 Å². The number of nitrogens with zero attached hydrogens (tertiary/aromatic N) is 1. The minimum atomic E-state index is -0.946. The first-order valence-electron chi connectivity index (χ1n) is 6.47. The molecular weight excluding hydrogens is 373 g/mol. The van der Waals surface area contributed by atoms with Crippen LogP contribution in [0.25, 0.3) is 0 Å². The third-order valence-corrected chi connectivity index (χ3v) is 4.94. The molecule has 1 aromatic rings. The van der Waals surface area contributed by atoms with Crippen LogP contribution >= 0.6 is 22.6 Å². The summed E-state index contributed by atoms with van der Waals surface area (Å²) >= 11 is 2.03. The van der Waals surface area contributed by atoms with Crippen molar-refractivity contribution in [1.29, 1.82) is 0 Å². The highest BCUT2D eigenvalue weighted by Gasteiger charge is 2.52. The van der Waals surface area contributed by atoms with Crippen LogP contribution in [0.15, 0.2) is 30.3 Å². The van der Waals surface area contributed by atoms with E-state index < -0.39 is 18.1 Å². The van der Waals surface area contributed by atoms with Crippen molar-refractivity contribution in [3.63, 3.8) is 0 Å². The number of hydrogen-bond acceptors (Lipinski definition) is 3. The number of hydrogen-bond donors (Lipinski definition) is 1. The topological polar surface area (TPSA) is 63.6 Å². The van der Waals surface area contributed by atoms with Gasteiger partial charge in [-0.05, 0) is 28.2 Å². The molecule has 2 atom stereocenters. The number of ether oxygens (including phenoxy) is 1. The zero-order valence-corrected chi connectivity index (χ0v) is 13.2. The number of carboxylic acid groups (broad SMARTS) is 1. The van der Waals surface area contributed by atoms with Crippen LogP contribution in [0.3, 0.4) is 0 Å². The summed E-state index contributed by atoms with van der Waals surface area (Å²) in [6.45, 7) is 0.681. The molecule has 5 nitrogen and oxygen atoms in total. The molecule has 1 aromatic carbocycles. The van der Waals surface area contributed by atoms with Gasteiger partial charge in [0.15, 0.2) is 6.04 Å². The van der Waals surface area contributed by atoms with E-state index in [-0.39, 0.29) is 11.1 Å². The lowest BCUT2D eigenvalue weighted by molar-refractivity contribution is -0.845. The van der Waals surface area contributed by atoms with Gasteiger partial charge >= 0.3 is 12.1 Å². The molecule has 1 unspecified atom stereocenters. The molecule has 2 rings (SSSR count). The molecule has 0 saturated carbocycles. The monoisotopic (exact) mass is 390 g/mol. The SMILES string of the molecule is O=C(OCc1ccccc1)[C@H]1CCC[N+]1(CI)C(=O)O. The summed E-state index contributed by atoms with van der Waals surface area (Å²) in [6, 6.07) is 8.81. The maximum Gasteiger partial charge on any atom is 0.514 e. The fourth-order valence-electron chi connectivity index (χ4n) is 2.54. The van der Waals surface area contributed by atoms with Gasteiger partial charge < -0.3 is 9.84 Å². The van der Waals surface area contributed by atoms with Crippen LogP contribution in [0.1, 0.15) is 18.4 Å². The number of benzene rings is 1. The van der Waals surface area contributed by atoms with Gasteiger partial charge in [0.1, 0.15) is 11.2 Å². The smallest absolute Gasteiger partial charge is 0.456 e. The largest absolute Gasteiger partial charge is 0.514 e. The molecule has 1 aliphatic rings. The first-order chi connectivity index (χ1) is 9.60. The number of esters is 1. The van der Waals surface area contributed by atoms with Crippen molar-refractivity contribution in [3.05, 3.63) is 35.9 Å². The quantitative estimate of drug-likeness (QED) is 0.282. The van der Waals surface area contributed by atoms with Gasteiger partial charge in [0.05, 0.1) is 6.54 Å². The van der Waals surface area contributed by atoms with Crippen molar-refractivity contribution in [2.75, 3.05) is 11.1 Å². The van der Waals surface area contributed by atoms with E-state index in [1.807, 2.05) is 52.9 Å². The van der Waals surface area contributed by atoms with Gasteiger partial charge in [-0.1, -0.05) is 30.3 Å². The standard InChI is InChI=1S/C14H16INO4/c15-10-16(14(18)19)8-4-7-12(16)13(17)20-9-11-5-2-1-3-6-11/h1-3,5-6,12H,4,7-10H2/p+1/t12-,16?/m1/s1. The van der Waals surface area contributed by atoms with Gasteiger partial charge in [0.2, 0.25) is 0 Å². The molecule has 0 spiro atoms. The minimum Gasteiger partial charge on any atom is -0.456 e. The van der Waals surface area contributed by atoms with E-state index in [0.717, 1.165) is 12.0 Å².